The molecule has 0 rings (SSSR count). The van der Waals surface area contributed by atoms with Gasteiger partial charge in [0.25, 0.3) is 0 Å². The minimum absolute atomic E-state index is 0. The molecule has 0 aromatic heterocycles. The molecular weight excluding hydrogens is 343 g/mol. The molecule has 0 spiro atoms. The molecule has 0 aliphatic heterocycles. The second-order valence-corrected chi connectivity index (χ2v) is 0.565. The summed E-state index contributed by atoms with van der Waals surface area (Å²) in [7, 11) is 0. The monoisotopic (exact) mass is 349 g/mol. The Morgan fingerprint density at radius 3 is 1.09 bits per heavy atom. The number of hydrogen-bond acceptors (Lipinski definition) is 4. The Morgan fingerprint density at radius 1 is 0.909 bits per heavy atom. The van der Waals surface area contributed by atoms with Gasteiger partial charge in [-0.3, -0.25) is 20.2 Å². The normalized spacial score (nSPS) is 4.73. The predicted octanol–water partition coefficient (Wildman–Crippen LogP) is 1.89. The van der Waals surface area contributed by atoms with Gasteiger partial charge in [-0.15, -0.1) is 0 Å². The second kappa shape index (κ2) is 16.1. The Bertz CT molecular complexity index is 90.8. The van der Waals surface area contributed by atoms with Gasteiger partial charge in [0, 0.05) is 10.1 Å². The molecule has 0 atom stereocenters. The van der Waals surface area contributed by atoms with Crippen molar-refractivity contribution in [2.75, 3.05) is 0 Å². The van der Waals surface area contributed by atoms with Crippen LogP contribution < -0.4 is 0 Å². The van der Waals surface area contributed by atoms with E-state index in [1.807, 2.05) is 0 Å². The van der Waals surface area contributed by atoms with Gasteiger partial charge < -0.3 is 18.5 Å². The van der Waals surface area contributed by atoms with Crippen LogP contribution in [0.25, 0.3) is 24.0 Å². The molecule has 0 aliphatic rings. The second-order valence-electron chi connectivity index (χ2n) is 0.565. The standard InChI is InChI=1S/N3O4.3H2N.Pt/c4-2(5)1-3(6)7;;;;/h;3*1H2;/q4*-1;+4. The minimum atomic E-state index is -1.38. The molecule has 6 N–H and O–H groups in total. The van der Waals surface area contributed by atoms with Crippen LogP contribution in [-0.2, 0) is 21.1 Å². The van der Waals surface area contributed by atoms with E-state index in [0.29, 0.717) is 0 Å². The van der Waals surface area contributed by atoms with Crippen LogP contribution in [0.2, 0.25) is 0 Å². The van der Waals surface area contributed by atoms with Crippen LogP contribution >= 0.6 is 0 Å². The van der Waals surface area contributed by atoms with Gasteiger partial charge in [-0.2, -0.15) is 0 Å². The maximum Gasteiger partial charge on any atom is 4.00 e. The van der Waals surface area contributed by atoms with E-state index in [4.69, 9.17) is 20.2 Å². The number of nitro groups is 2. The number of nitrogens with two attached hydrogens (primary N) is 3. The van der Waals surface area contributed by atoms with E-state index < -0.39 is 10.1 Å². The summed E-state index contributed by atoms with van der Waals surface area (Å²) in [6, 6.07) is 0. The van der Waals surface area contributed by atoms with E-state index in [1.165, 1.54) is 0 Å². The Balaban J connectivity index is -0.0000000300. The minimum Gasteiger partial charge on any atom is -0.693 e. The topological polar surface area (TPSA) is 201 Å². The van der Waals surface area contributed by atoms with Crippen molar-refractivity contribution in [1.29, 1.82) is 0 Å². The van der Waals surface area contributed by atoms with Crippen molar-refractivity contribution < 1.29 is 31.1 Å². The number of nitrogens with zero attached hydrogens (tertiary/aromatic N) is 3. The molecule has 11 heteroatoms. The molecule has 0 aromatic rings. The summed E-state index contributed by atoms with van der Waals surface area (Å²) in [5.41, 5.74) is 1.72. The first-order valence-electron chi connectivity index (χ1n) is 1.13. The summed E-state index contributed by atoms with van der Waals surface area (Å²) in [4.78, 5) is 18.0. The third-order valence-corrected chi connectivity index (χ3v) is 0.146. The first kappa shape index (κ1) is 32.0. The molecule has 0 fully saturated rings. The van der Waals surface area contributed by atoms with E-state index in [1.54, 1.807) is 5.53 Å². The van der Waals surface area contributed by atoms with Crippen LogP contribution in [-0.4, -0.2) is 10.1 Å². The van der Waals surface area contributed by atoms with Gasteiger partial charge >= 0.3 is 21.1 Å². The zero-order valence-corrected chi connectivity index (χ0v) is 7.30. The summed E-state index contributed by atoms with van der Waals surface area (Å²) >= 11 is 0. The van der Waals surface area contributed by atoms with Gasteiger partial charge in [-0.1, -0.05) is 0 Å². The maximum absolute atomic E-state index is 9.01. The molecule has 0 saturated carbocycles. The average Bonchev–Trinajstić information content (AvgIpc) is 1.27. The molecule has 0 radical (unpaired) electrons. The fourth-order valence-electron chi connectivity index (χ4n) is 0.0596. The maximum atomic E-state index is 9.01. The Kier molecular flexibility index (Phi) is 46.8. The van der Waals surface area contributed by atoms with Crippen LogP contribution in [0.3, 0.4) is 0 Å². The summed E-state index contributed by atoms with van der Waals surface area (Å²) in [5.74, 6) is 0. The van der Waals surface area contributed by atoms with Gasteiger partial charge in [-0.25, -0.2) is 0 Å². The summed E-state index contributed by atoms with van der Waals surface area (Å²) in [6.45, 7) is 0. The van der Waals surface area contributed by atoms with Crippen molar-refractivity contribution in [3.05, 3.63) is 44.2 Å². The molecule has 0 aliphatic carbocycles. The third-order valence-electron chi connectivity index (χ3n) is 0.146. The molecule has 0 amide bonds. The van der Waals surface area contributed by atoms with Gasteiger partial charge in [0.15, 0.2) is 0 Å². The first-order chi connectivity index (χ1) is 3.13. The molecule has 0 bridgehead atoms. The fourth-order valence-corrected chi connectivity index (χ4v) is 0.0596. The van der Waals surface area contributed by atoms with Crippen molar-refractivity contribution >= 4 is 0 Å². The number of hydrogen-bond donors (Lipinski definition) is 0. The Labute approximate surface area is 76.0 Å². The van der Waals surface area contributed by atoms with Crippen LogP contribution in [0.15, 0.2) is 0 Å². The molecule has 10 nitrogen and oxygen atoms in total. The van der Waals surface area contributed by atoms with Crippen molar-refractivity contribution in [3.63, 3.8) is 0 Å². The zero-order chi connectivity index (χ0) is 5.86. The Hall–Kier alpha value is -0.832. The molecule has 0 heterocycles. The van der Waals surface area contributed by atoms with Crippen LogP contribution in [0, 0.1) is 20.2 Å². The quantitative estimate of drug-likeness (QED) is 0.541. The van der Waals surface area contributed by atoms with Crippen LogP contribution in [0.4, 0.5) is 0 Å². The largest absolute Gasteiger partial charge is 4.00 e. The summed E-state index contributed by atoms with van der Waals surface area (Å²) < 4.78 is 0. The smallest absolute Gasteiger partial charge is 0.693 e. The van der Waals surface area contributed by atoms with E-state index in [-0.39, 0.29) is 39.5 Å². The van der Waals surface area contributed by atoms with Crippen LogP contribution in [0.5, 0.6) is 0 Å². The SMILES string of the molecule is O=[N+]([O-])[N-][N+](=O)[O-].[NH2-].[NH2-].[NH2-].[Pt+4]. The van der Waals surface area contributed by atoms with E-state index in [2.05, 4.69) is 0 Å². The zero-order valence-electron chi connectivity index (χ0n) is 5.02. The van der Waals surface area contributed by atoms with E-state index in [0.717, 1.165) is 0 Å². The van der Waals surface area contributed by atoms with Gasteiger partial charge in [0.05, 0.1) is 0 Å². The first-order valence-corrected chi connectivity index (χ1v) is 1.13. The average molecular weight is 349 g/mol. The van der Waals surface area contributed by atoms with Gasteiger partial charge in [0.1, 0.15) is 0 Å². The molecule has 0 unspecified atom stereocenters. The molecule has 11 heavy (non-hydrogen) atoms. The molecule has 0 aromatic carbocycles. The molecule has 0 saturated heterocycles. The molecule has 70 valence electrons. The third kappa shape index (κ3) is 46.9. The van der Waals surface area contributed by atoms with Gasteiger partial charge in [-0.05, 0) is 5.53 Å². The van der Waals surface area contributed by atoms with Crippen LogP contribution in [0.1, 0.15) is 0 Å². The number of rotatable bonds is 2. The Morgan fingerprint density at radius 2 is 1.09 bits per heavy atom. The molecular formula is H6N6O4Pt. The van der Waals surface area contributed by atoms with Crippen molar-refractivity contribution in [1.82, 2.24) is 0 Å². The van der Waals surface area contributed by atoms with E-state index >= 15 is 0 Å². The van der Waals surface area contributed by atoms with Gasteiger partial charge in [0.2, 0.25) is 0 Å². The summed E-state index contributed by atoms with van der Waals surface area (Å²) in [5, 5.41) is 15.3. The van der Waals surface area contributed by atoms with Crippen molar-refractivity contribution in [2.45, 2.75) is 0 Å². The summed E-state index contributed by atoms with van der Waals surface area (Å²) in [6.07, 6.45) is 0. The van der Waals surface area contributed by atoms with E-state index in [9.17, 15) is 0 Å². The fraction of sp³-hybridized carbons (Fsp3) is 0. The predicted molar refractivity (Wildman–Crippen MR) is 33.2 cm³/mol. The van der Waals surface area contributed by atoms with Crippen molar-refractivity contribution in [2.24, 2.45) is 0 Å². The van der Waals surface area contributed by atoms with Crippen molar-refractivity contribution in [3.8, 4) is 0 Å².